The standard InChI is InChI=1S/C9H9Cl/c1-7(2)8-5-3-4-6-9(8)10/h3-6H,1H2,2H3. The van der Waals surface area contributed by atoms with E-state index in [1.165, 1.54) is 0 Å². The van der Waals surface area contributed by atoms with Crippen molar-refractivity contribution in [1.82, 2.24) is 0 Å². The Morgan fingerprint density at radius 2 is 2.00 bits per heavy atom. The third-order valence-electron chi connectivity index (χ3n) is 1.33. The van der Waals surface area contributed by atoms with Gasteiger partial charge in [0.1, 0.15) is 0 Å². The second-order valence-corrected chi connectivity index (χ2v) is 2.67. The summed E-state index contributed by atoms with van der Waals surface area (Å²) < 4.78 is 0. The zero-order chi connectivity index (χ0) is 7.56. The van der Waals surface area contributed by atoms with Crippen LogP contribution >= 0.6 is 11.6 Å². The van der Waals surface area contributed by atoms with Crippen LogP contribution in [0.5, 0.6) is 0 Å². The second kappa shape index (κ2) is 2.89. The lowest BCUT2D eigenvalue weighted by Gasteiger charge is -2.00. The predicted molar refractivity (Wildman–Crippen MR) is 46.2 cm³/mol. The molecule has 0 nitrogen and oxygen atoms in total. The molecule has 1 aromatic carbocycles. The molecule has 0 aliphatic carbocycles. The van der Waals surface area contributed by atoms with Crippen LogP contribution < -0.4 is 0 Å². The molecule has 0 spiro atoms. The molecule has 0 saturated carbocycles. The molecule has 0 aromatic heterocycles. The van der Waals surface area contributed by atoms with E-state index in [0.29, 0.717) is 0 Å². The first-order valence-electron chi connectivity index (χ1n) is 3.12. The van der Waals surface area contributed by atoms with E-state index >= 15 is 0 Å². The number of hydrogen-bond acceptors (Lipinski definition) is 0. The Bertz CT molecular complexity index is 251. The third-order valence-corrected chi connectivity index (χ3v) is 1.66. The Morgan fingerprint density at radius 1 is 1.40 bits per heavy atom. The van der Waals surface area contributed by atoms with E-state index in [1.807, 2.05) is 31.2 Å². The topological polar surface area (TPSA) is 0 Å². The average molecular weight is 153 g/mol. The molecule has 1 heteroatoms. The van der Waals surface area contributed by atoms with E-state index < -0.39 is 0 Å². The Balaban J connectivity index is 3.15. The summed E-state index contributed by atoms with van der Waals surface area (Å²) in [4.78, 5) is 0. The first-order valence-corrected chi connectivity index (χ1v) is 3.50. The van der Waals surface area contributed by atoms with Crippen molar-refractivity contribution in [2.45, 2.75) is 6.92 Å². The molecule has 0 saturated heterocycles. The summed E-state index contributed by atoms with van der Waals surface area (Å²) in [5.74, 6) is 0. The van der Waals surface area contributed by atoms with Crippen molar-refractivity contribution in [1.29, 1.82) is 0 Å². The molecular weight excluding hydrogens is 144 g/mol. The maximum absolute atomic E-state index is 5.86. The molecule has 0 amide bonds. The van der Waals surface area contributed by atoms with Crippen LogP contribution in [-0.2, 0) is 0 Å². The third kappa shape index (κ3) is 1.39. The summed E-state index contributed by atoms with van der Waals surface area (Å²) in [5, 5.41) is 0.773. The molecule has 1 aromatic rings. The molecule has 1 rings (SSSR count). The zero-order valence-electron chi connectivity index (χ0n) is 5.89. The average Bonchev–Trinajstić information content (AvgIpc) is 1.88. The van der Waals surface area contributed by atoms with Crippen molar-refractivity contribution in [2.24, 2.45) is 0 Å². The van der Waals surface area contributed by atoms with E-state index in [9.17, 15) is 0 Å². The lowest BCUT2D eigenvalue weighted by molar-refractivity contribution is 1.58. The first kappa shape index (κ1) is 7.36. The summed E-state index contributed by atoms with van der Waals surface area (Å²) in [6.45, 7) is 5.75. The Labute approximate surface area is 66.1 Å². The van der Waals surface area contributed by atoms with E-state index in [-0.39, 0.29) is 0 Å². The number of hydrogen-bond donors (Lipinski definition) is 0. The molecule has 0 aliphatic rings. The molecule has 10 heavy (non-hydrogen) atoms. The van der Waals surface area contributed by atoms with Crippen molar-refractivity contribution in [3.8, 4) is 0 Å². The van der Waals surface area contributed by atoms with Gasteiger partial charge >= 0.3 is 0 Å². The van der Waals surface area contributed by atoms with Crippen molar-refractivity contribution in [2.75, 3.05) is 0 Å². The minimum absolute atomic E-state index is 0.773. The predicted octanol–water partition coefficient (Wildman–Crippen LogP) is 3.37. The summed E-state index contributed by atoms with van der Waals surface area (Å²) in [5.41, 5.74) is 2.04. The van der Waals surface area contributed by atoms with Gasteiger partial charge in [0.15, 0.2) is 0 Å². The largest absolute Gasteiger partial charge is 0.0955 e. The van der Waals surface area contributed by atoms with Gasteiger partial charge in [-0.1, -0.05) is 36.4 Å². The summed E-state index contributed by atoms with van der Waals surface area (Å²) >= 11 is 5.86. The smallest absolute Gasteiger partial charge is 0.0480 e. The maximum Gasteiger partial charge on any atom is 0.0480 e. The van der Waals surface area contributed by atoms with Crippen molar-refractivity contribution in [3.05, 3.63) is 41.4 Å². The van der Waals surface area contributed by atoms with Gasteiger partial charge in [-0.05, 0) is 24.1 Å². The molecule has 0 aliphatic heterocycles. The zero-order valence-corrected chi connectivity index (χ0v) is 6.65. The number of allylic oxidation sites excluding steroid dienone is 1. The van der Waals surface area contributed by atoms with Gasteiger partial charge in [0.2, 0.25) is 0 Å². The fourth-order valence-corrected chi connectivity index (χ4v) is 1.10. The van der Waals surface area contributed by atoms with Crippen molar-refractivity contribution >= 4 is 17.2 Å². The van der Waals surface area contributed by atoms with Gasteiger partial charge in [0.25, 0.3) is 0 Å². The first-order chi connectivity index (χ1) is 4.72. The second-order valence-electron chi connectivity index (χ2n) is 2.26. The summed E-state index contributed by atoms with van der Waals surface area (Å²) in [7, 11) is 0. The van der Waals surface area contributed by atoms with E-state index in [4.69, 9.17) is 11.6 Å². The highest BCUT2D eigenvalue weighted by molar-refractivity contribution is 6.32. The van der Waals surface area contributed by atoms with E-state index in [1.54, 1.807) is 0 Å². The molecule has 0 radical (unpaired) electrons. The van der Waals surface area contributed by atoms with Gasteiger partial charge in [-0.25, -0.2) is 0 Å². The molecule has 0 bridgehead atoms. The minimum Gasteiger partial charge on any atom is -0.0955 e. The lowest BCUT2D eigenvalue weighted by Crippen LogP contribution is -1.77. The van der Waals surface area contributed by atoms with Crippen LogP contribution in [0.4, 0.5) is 0 Å². The van der Waals surface area contributed by atoms with Gasteiger partial charge in [0.05, 0.1) is 0 Å². The number of benzene rings is 1. The SMILES string of the molecule is C=C(C)c1ccccc1Cl. The van der Waals surface area contributed by atoms with Gasteiger partial charge in [-0.2, -0.15) is 0 Å². The van der Waals surface area contributed by atoms with Gasteiger partial charge in [-0.15, -0.1) is 0 Å². The van der Waals surface area contributed by atoms with Gasteiger partial charge in [-0.3, -0.25) is 0 Å². The van der Waals surface area contributed by atoms with Crippen LogP contribution in [0.1, 0.15) is 12.5 Å². The molecule has 0 atom stereocenters. The Kier molecular flexibility index (Phi) is 2.13. The summed E-state index contributed by atoms with van der Waals surface area (Å²) in [6.07, 6.45) is 0. The highest BCUT2D eigenvalue weighted by atomic mass is 35.5. The van der Waals surface area contributed by atoms with Crippen LogP contribution in [0.2, 0.25) is 5.02 Å². The quantitative estimate of drug-likeness (QED) is 0.579. The number of halogens is 1. The van der Waals surface area contributed by atoms with Gasteiger partial charge in [0, 0.05) is 5.02 Å². The van der Waals surface area contributed by atoms with E-state index in [0.717, 1.165) is 16.2 Å². The lowest BCUT2D eigenvalue weighted by atomic mass is 10.1. The van der Waals surface area contributed by atoms with E-state index in [2.05, 4.69) is 6.58 Å². The highest BCUT2D eigenvalue weighted by Crippen LogP contribution is 2.20. The maximum atomic E-state index is 5.86. The van der Waals surface area contributed by atoms with Crippen LogP contribution in [-0.4, -0.2) is 0 Å². The number of rotatable bonds is 1. The molecule has 52 valence electrons. The Hall–Kier alpha value is -0.750. The fourth-order valence-electron chi connectivity index (χ4n) is 0.807. The van der Waals surface area contributed by atoms with Crippen molar-refractivity contribution < 1.29 is 0 Å². The van der Waals surface area contributed by atoms with Crippen LogP contribution in [0.15, 0.2) is 30.8 Å². The van der Waals surface area contributed by atoms with Gasteiger partial charge < -0.3 is 0 Å². The van der Waals surface area contributed by atoms with Crippen molar-refractivity contribution in [3.63, 3.8) is 0 Å². The monoisotopic (exact) mass is 152 g/mol. The summed E-state index contributed by atoms with van der Waals surface area (Å²) in [6, 6.07) is 7.70. The highest BCUT2D eigenvalue weighted by Gasteiger charge is 1.96. The normalized spacial score (nSPS) is 9.40. The minimum atomic E-state index is 0.773. The fraction of sp³-hybridized carbons (Fsp3) is 0.111. The molecule has 0 fully saturated rings. The molecule has 0 N–H and O–H groups in total. The van der Waals surface area contributed by atoms with Crippen LogP contribution in [0.3, 0.4) is 0 Å². The van der Waals surface area contributed by atoms with Crippen LogP contribution in [0.25, 0.3) is 5.57 Å². The van der Waals surface area contributed by atoms with Crippen LogP contribution in [0, 0.1) is 0 Å². The molecule has 0 unspecified atom stereocenters. The molecular formula is C9H9Cl. The Morgan fingerprint density at radius 3 is 2.40 bits per heavy atom. The molecule has 0 heterocycles.